The van der Waals surface area contributed by atoms with Crippen molar-refractivity contribution in [1.82, 2.24) is 5.32 Å². The molecule has 2 N–H and O–H groups in total. The zero-order chi connectivity index (χ0) is 12.7. The summed E-state index contributed by atoms with van der Waals surface area (Å²) in [6, 6.07) is 8.77. The Morgan fingerprint density at radius 2 is 1.82 bits per heavy atom. The highest BCUT2D eigenvalue weighted by Gasteiger charge is 2.05. The first-order valence-corrected chi connectivity index (χ1v) is 6.88. The van der Waals surface area contributed by atoms with Crippen LogP contribution in [0.5, 0.6) is 0 Å². The summed E-state index contributed by atoms with van der Waals surface area (Å²) in [5, 5.41) is 2.67. The van der Waals surface area contributed by atoms with Gasteiger partial charge in [0.2, 0.25) is 0 Å². The van der Waals surface area contributed by atoms with Crippen molar-refractivity contribution in [3.63, 3.8) is 0 Å². The molecule has 6 heteroatoms. The minimum Gasteiger partial charge on any atom is -0.352 e. The van der Waals surface area contributed by atoms with Gasteiger partial charge in [-0.3, -0.25) is 9.35 Å². The first-order chi connectivity index (χ1) is 7.99. The summed E-state index contributed by atoms with van der Waals surface area (Å²) in [4.78, 5) is 11.5. The minimum atomic E-state index is -3.89. The molecule has 1 aromatic carbocycles. The Kier molecular flexibility index (Phi) is 5.11. The number of rotatable bonds is 6. The van der Waals surface area contributed by atoms with Gasteiger partial charge in [0.1, 0.15) is 0 Å². The smallest absolute Gasteiger partial charge is 0.264 e. The Morgan fingerprint density at radius 1 is 1.18 bits per heavy atom. The molecule has 1 aromatic rings. The number of amides is 1. The van der Waals surface area contributed by atoms with Crippen molar-refractivity contribution in [2.45, 2.75) is 12.8 Å². The molecule has 0 atom stereocenters. The third-order valence-corrected chi connectivity index (χ3v) is 2.96. The molecule has 94 valence electrons. The average Bonchev–Trinajstić information content (AvgIpc) is 2.28. The summed E-state index contributed by atoms with van der Waals surface area (Å²) < 4.78 is 29.3. The van der Waals surface area contributed by atoms with Gasteiger partial charge >= 0.3 is 0 Å². The lowest BCUT2D eigenvalue weighted by Crippen LogP contribution is -2.24. The van der Waals surface area contributed by atoms with Crippen LogP contribution in [-0.4, -0.2) is 31.2 Å². The molecular formula is C11H15NO4S. The second-order valence-corrected chi connectivity index (χ2v) is 5.19. The molecule has 5 nitrogen and oxygen atoms in total. The van der Waals surface area contributed by atoms with E-state index in [1.807, 2.05) is 6.07 Å². The van der Waals surface area contributed by atoms with Crippen LogP contribution in [0.4, 0.5) is 0 Å². The zero-order valence-corrected chi connectivity index (χ0v) is 10.1. The van der Waals surface area contributed by atoms with Crippen LogP contribution in [0.25, 0.3) is 0 Å². The normalized spacial score (nSPS) is 11.1. The number of benzene rings is 1. The van der Waals surface area contributed by atoms with Crippen LogP contribution in [0.15, 0.2) is 30.3 Å². The number of hydrogen-bond acceptors (Lipinski definition) is 3. The van der Waals surface area contributed by atoms with Crippen molar-refractivity contribution in [1.29, 1.82) is 0 Å². The van der Waals surface area contributed by atoms with Gasteiger partial charge in [0, 0.05) is 12.1 Å². The summed E-state index contributed by atoms with van der Waals surface area (Å²) in [5.74, 6) is -0.453. The van der Waals surface area contributed by atoms with Crippen LogP contribution in [-0.2, 0) is 10.1 Å². The molecule has 0 radical (unpaired) electrons. The highest BCUT2D eigenvalue weighted by atomic mass is 32.2. The summed E-state index contributed by atoms with van der Waals surface area (Å²) in [6.07, 6.45) is 0.840. The monoisotopic (exact) mass is 257 g/mol. The molecule has 0 aromatic heterocycles. The first-order valence-electron chi connectivity index (χ1n) is 5.27. The van der Waals surface area contributed by atoms with E-state index < -0.39 is 10.1 Å². The average molecular weight is 257 g/mol. The molecular weight excluding hydrogens is 242 g/mol. The van der Waals surface area contributed by atoms with Crippen LogP contribution in [0, 0.1) is 0 Å². The molecule has 0 fully saturated rings. The van der Waals surface area contributed by atoms with Gasteiger partial charge in [0.15, 0.2) is 0 Å². The lowest BCUT2D eigenvalue weighted by Gasteiger charge is -2.04. The fourth-order valence-electron chi connectivity index (χ4n) is 1.30. The zero-order valence-electron chi connectivity index (χ0n) is 9.30. The van der Waals surface area contributed by atoms with Gasteiger partial charge < -0.3 is 5.32 Å². The van der Waals surface area contributed by atoms with Crippen LogP contribution in [0.1, 0.15) is 23.2 Å². The van der Waals surface area contributed by atoms with E-state index in [2.05, 4.69) is 5.32 Å². The van der Waals surface area contributed by atoms with E-state index in [4.69, 9.17) is 4.55 Å². The Labute approximate surface area is 101 Å². The van der Waals surface area contributed by atoms with Crippen molar-refractivity contribution in [2.24, 2.45) is 0 Å². The maximum atomic E-state index is 11.5. The quantitative estimate of drug-likeness (QED) is 0.590. The summed E-state index contributed by atoms with van der Waals surface area (Å²) in [7, 11) is -3.89. The molecule has 17 heavy (non-hydrogen) atoms. The standard InChI is InChI=1S/C11H15NO4S/c13-11(10-6-2-1-3-7-10)12-8-4-5-9-17(14,15)16/h1-3,6-7H,4-5,8-9H2,(H,12,13)(H,14,15,16). The Balaban J connectivity index is 2.22. The highest BCUT2D eigenvalue weighted by Crippen LogP contribution is 1.98. The van der Waals surface area contributed by atoms with E-state index in [1.165, 1.54) is 0 Å². The van der Waals surface area contributed by atoms with Gasteiger partial charge in [-0.15, -0.1) is 0 Å². The van der Waals surface area contributed by atoms with Crippen LogP contribution in [0.3, 0.4) is 0 Å². The maximum Gasteiger partial charge on any atom is 0.264 e. The Morgan fingerprint density at radius 3 is 2.41 bits per heavy atom. The number of nitrogens with one attached hydrogen (secondary N) is 1. The van der Waals surface area contributed by atoms with Crippen LogP contribution < -0.4 is 5.32 Å². The molecule has 0 saturated carbocycles. The number of unbranched alkanes of at least 4 members (excludes halogenated alkanes) is 1. The molecule has 0 aliphatic heterocycles. The minimum absolute atomic E-state index is 0.183. The molecule has 1 rings (SSSR count). The third-order valence-electron chi connectivity index (χ3n) is 2.15. The molecule has 1 amide bonds. The lowest BCUT2D eigenvalue weighted by molar-refractivity contribution is 0.0953. The van der Waals surface area contributed by atoms with Gasteiger partial charge in [-0.1, -0.05) is 18.2 Å². The van der Waals surface area contributed by atoms with E-state index in [0.717, 1.165) is 0 Å². The lowest BCUT2D eigenvalue weighted by atomic mass is 10.2. The summed E-state index contributed by atoms with van der Waals surface area (Å²) in [6.45, 7) is 0.392. The van der Waals surface area contributed by atoms with E-state index in [-0.39, 0.29) is 11.7 Å². The Hall–Kier alpha value is -1.40. The van der Waals surface area contributed by atoms with E-state index in [1.54, 1.807) is 24.3 Å². The molecule has 0 aliphatic carbocycles. The largest absolute Gasteiger partial charge is 0.352 e. The third kappa shape index (κ3) is 6.03. The van der Waals surface area contributed by atoms with Gasteiger partial charge in [-0.25, -0.2) is 0 Å². The number of carbonyl (C=O) groups is 1. The van der Waals surface area contributed by atoms with Crippen molar-refractivity contribution in [3.05, 3.63) is 35.9 Å². The van der Waals surface area contributed by atoms with E-state index in [9.17, 15) is 13.2 Å². The molecule has 0 bridgehead atoms. The SMILES string of the molecule is O=C(NCCCCS(=O)(=O)O)c1ccccc1. The first kappa shape index (κ1) is 13.7. The second-order valence-electron chi connectivity index (χ2n) is 3.62. The maximum absolute atomic E-state index is 11.5. The van der Waals surface area contributed by atoms with Crippen LogP contribution in [0.2, 0.25) is 0 Å². The number of hydrogen-bond donors (Lipinski definition) is 2. The predicted octanol–water partition coefficient (Wildman–Crippen LogP) is 1.08. The van der Waals surface area contributed by atoms with Gasteiger partial charge in [0.25, 0.3) is 16.0 Å². The summed E-state index contributed by atoms with van der Waals surface area (Å²) >= 11 is 0. The predicted molar refractivity (Wildman–Crippen MR) is 64.4 cm³/mol. The van der Waals surface area contributed by atoms with Crippen molar-refractivity contribution in [2.75, 3.05) is 12.3 Å². The molecule has 0 unspecified atom stereocenters. The highest BCUT2D eigenvalue weighted by molar-refractivity contribution is 7.85. The fraction of sp³-hybridized carbons (Fsp3) is 0.364. The second kappa shape index (κ2) is 6.36. The Bertz CT molecular complexity index is 456. The fourth-order valence-corrected chi connectivity index (χ4v) is 1.87. The van der Waals surface area contributed by atoms with E-state index in [0.29, 0.717) is 24.9 Å². The number of carbonyl (C=O) groups excluding carboxylic acids is 1. The van der Waals surface area contributed by atoms with Gasteiger partial charge in [0.05, 0.1) is 5.75 Å². The van der Waals surface area contributed by atoms with Crippen LogP contribution >= 0.6 is 0 Å². The molecule has 0 aliphatic rings. The van der Waals surface area contributed by atoms with Crippen molar-refractivity contribution >= 4 is 16.0 Å². The molecule has 0 heterocycles. The molecule has 0 saturated heterocycles. The van der Waals surface area contributed by atoms with Gasteiger partial charge in [-0.05, 0) is 25.0 Å². The molecule has 0 spiro atoms. The topological polar surface area (TPSA) is 83.5 Å². The van der Waals surface area contributed by atoms with Crippen molar-refractivity contribution in [3.8, 4) is 0 Å². The van der Waals surface area contributed by atoms with Crippen molar-refractivity contribution < 1.29 is 17.8 Å². The summed E-state index contributed by atoms with van der Waals surface area (Å²) in [5.41, 5.74) is 0.572. The van der Waals surface area contributed by atoms with E-state index >= 15 is 0 Å². The van der Waals surface area contributed by atoms with Gasteiger partial charge in [-0.2, -0.15) is 8.42 Å².